The predicted octanol–water partition coefficient (Wildman–Crippen LogP) is 6.88. The number of likely N-dealkylation sites (N-methyl/N-ethyl adjacent to an activating group) is 2. The van der Waals surface area contributed by atoms with Crippen molar-refractivity contribution in [3.63, 3.8) is 0 Å². The van der Waals surface area contributed by atoms with Gasteiger partial charge in [-0.25, -0.2) is 0 Å². The van der Waals surface area contributed by atoms with E-state index in [2.05, 4.69) is 121 Å². The Hall–Kier alpha value is -4.72. The fraction of sp³-hybridized carbons (Fsp3) is 0.176. The lowest BCUT2D eigenvalue weighted by atomic mass is 10.0. The fourth-order valence-electron chi connectivity index (χ4n) is 5.72. The van der Waals surface area contributed by atoms with Crippen molar-refractivity contribution in [2.45, 2.75) is 0 Å². The number of benzene rings is 4. The van der Waals surface area contributed by atoms with Gasteiger partial charge in [-0.05, 0) is 72.7 Å². The van der Waals surface area contributed by atoms with Crippen LogP contribution in [0.4, 0.5) is 11.6 Å². The summed E-state index contributed by atoms with van der Waals surface area (Å²) in [6.07, 6.45) is 0. The van der Waals surface area contributed by atoms with E-state index >= 15 is 0 Å². The van der Waals surface area contributed by atoms with Crippen LogP contribution in [0.25, 0.3) is 65.9 Å². The molecule has 41 heavy (non-hydrogen) atoms. The summed E-state index contributed by atoms with van der Waals surface area (Å²) < 4.78 is 0. The molecule has 0 unspecified atom stereocenters. The summed E-state index contributed by atoms with van der Waals surface area (Å²) >= 11 is 0. The first-order valence-electron chi connectivity index (χ1n) is 14.3. The topological polar surface area (TPSA) is 95.5 Å². The lowest BCUT2D eigenvalue weighted by Gasteiger charge is -2.03. The Morgan fingerprint density at radius 1 is 0.439 bits per heavy atom. The molecule has 0 saturated heterocycles. The van der Waals surface area contributed by atoms with Gasteiger partial charge < -0.3 is 36.2 Å². The van der Waals surface area contributed by atoms with Crippen LogP contribution in [0.5, 0.6) is 0 Å². The Morgan fingerprint density at radius 2 is 0.854 bits per heavy atom. The third-order valence-corrected chi connectivity index (χ3v) is 7.89. The Labute approximate surface area is 238 Å². The van der Waals surface area contributed by atoms with E-state index < -0.39 is 0 Å². The van der Waals surface area contributed by atoms with Crippen LogP contribution in [0, 0.1) is 0 Å². The van der Waals surface area contributed by atoms with Gasteiger partial charge in [0.25, 0.3) is 0 Å². The van der Waals surface area contributed by atoms with Crippen molar-refractivity contribution in [2.75, 3.05) is 50.9 Å². The highest BCUT2D eigenvalue weighted by Crippen LogP contribution is 2.34. The number of aromatic amines is 3. The van der Waals surface area contributed by atoms with E-state index in [9.17, 15) is 0 Å². The van der Waals surface area contributed by atoms with E-state index in [4.69, 9.17) is 0 Å². The molecule has 4 aromatic carbocycles. The maximum absolute atomic E-state index is 3.69. The van der Waals surface area contributed by atoms with Crippen molar-refractivity contribution >= 4 is 55.2 Å². The van der Waals surface area contributed by atoms with Gasteiger partial charge in [0.1, 0.15) is 11.6 Å². The molecule has 7 heteroatoms. The van der Waals surface area contributed by atoms with Crippen molar-refractivity contribution in [1.82, 2.24) is 25.6 Å². The van der Waals surface area contributed by atoms with Crippen LogP contribution in [0.3, 0.4) is 0 Å². The van der Waals surface area contributed by atoms with Crippen molar-refractivity contribution in [2.24, 2.45) is 0 Å². The SMILES string of the molecule is CNCCNc1cc2ccc(-c3ccc4c(c3)[nH]c3cc(-c5ccc6cc(NCCNC)[nH]c6c5)ccc34)cc2[nH]1. The van der Waals surface area contributed by atoms with Crippen molar-refractivity contribution in [3.05, 3.63) is 84.9 Å². The zero-order chi connectivity index (χ0) is 27.8. The number of hydrogen-bond acceptors (Lipinski definition) is 4. The Balaban J connectivity index is 1.18. The van der Waals surface area contributed by atoms with E-state index in [1.807, 2.05) is 14.1 Å². The van der Waals surface area contributed by atoms with E-state index in [0.717, 1.165) is 59.9 Å². The first-order valence-corrected chi connectivity index (χ1v) is 14.3. The normalized spacial score (nSPS) is 11.8. The van der Waals surface area contributed by atoms with Gasteiger partial charge in [-0.15, -0.1) is 0 Å². The zero-order valence-electron chi connectivity index (χ0n) is 23.4. The van der Waals surface area contributed by atoms with Gasteiger partial charge in [-0.1, -0.05) is 48.5 Å². The Morgan fingerprint density at radius 3 is 1.29 bits per heavy atom. The number of fused-ring (bicyclic) bond motifs is 5. The summed E-state index contributed by atoms with van der Waals surface area (Å²) in [5.41, 5.74) is 9.35. The highest BCUT2D eigenvalue weighted by Gasteiger charge is 2.10. The van der Waals surface area contributed by atoms with Crippen LogP contribution in [-0.4, -0.2) is 55.2 Å². The van der Waals surface area contributed by atoms with Crippen LogP contribution in [0.1, 0.15) is 0 Å². The van der Waals surface area contributed by atoms with E-state index in [0.29, 0.717) is 0 Å². The largest absolute Gasteiger partial charge is 0.370 e. The average Bonchev–Trinajstić information content (AvgIpc) is 3.70. The van der Waals surface area contributed by atoms with Crippen molar-refractivity contribution < 1.29 is 0 Å². The number of anilines is 2. The highest BCUT2D eigenvalue weighted by molar-refractivity contribution is 6.09. The van der Waals surface area contributed by atoms with Gasteiger partial charge in [0.15, 0.2) is 0 Å². The molecule has 206 valence electrons. The van der Waals surface area contributed by atoms with Crippen molar-refractivity contribution in [1.29, 1.82) is 0 Å². The minimum Gasteiger partial charge on any atom is -0.370 e. The molecular weight excluding hydrogens is 506 g/mol. The number of hydrogen-bond donors (Lipinski definition) is 7. The molecule has 0 bridgehead atoms. The van der Waals surface area contributed by atoms with E-state index in [-0.39, 0.29) is 0 Å². The number of nitrogens with one attached hydrogen (secondary N) is 7. The third kappa shape index (κ3) is 4.90. The van der Waals surface area contributed by atoms with Crippen LogP contribution in [0.15, 0.2) is 84.9 Å². The molecule has 3 heterocycles. The lowest BCUT2D eigenvalue weighted by Crippen LogP contribution is -2.17. The molecule has 7 rings (SSSR count). The van der Waals surface area contributed by atoms with Crippen LogP contribution < -0.4 is 21.3 Å². The Kier molecular flexibility index (Phi) is 6.59. The smallest absolute Gasteiger partial charge is 0.104 e. The van der Waals surface area contributed by atoms with Crippen LogP contribution >= 0.6 is 0 Å². The third-order valence-electron chi connectivity index (χ3n) is 7.89. The molecule has 0 aliphatic carbocycles. The molecule has 0 radical (unpaired) electrons. The fourth-order valence-corrected chi connectivity index (χ4v) is 5.72. The van der Waals surface area contributed by atoms with Gasteiger partial charge >= 0.3 is 0 Å². The zero-order valence-corrected chi connectivity index (χ0v) is 23.4. The molecule has 0 fully saturated rings. The summed E-state index contributed by atoms with van der Waals surface area (Å²) in [7, 11) is 3.93. The van der Waals surface area contributed by atoms with E-state index in [1.165, 1.54) is 43.8 Å². The number of rotatable bonds is 10. The lowest BCUT2D eigenvalue weighted by molar-refractivity contribution is 0.822. The van der Waals surface area contributed by atoms with Crippen LogP contribution in [-0.2, 0) is 0 Å². The molecule has 0 aliphatic rings. The van der Waals surface area contributed by atoms with E-state index in [1.54, 1.807) is 0 Å². The number of H-pyrrole nitrogens is 3. The second-order valence-electron chi connectivity index (χ2n) is 10.7. The predicted molar refractivity (Wildman–Crippen MR) is 175 cm³/mol. The second kappa shape index (κ2) is 10.7. The maximum Gasteiger partial charge on any atom is 0.104 e. The summed E-state index contributed by atoms with van der Waals surface area (Å²) in [6, 6.07) is 31.0. The Bertz CT molecular complexity index is 1850. The minimum absolute atomic E-state index is 0.880. The second-order valence-corrected chi connectivity index (χ2v) is 10.7. The monoisotopic (exact) mass is 541 g/mol. The maximum atomic E-state index is 3.69. The summed E-state index contributed by atoms with van der Waals surface area (Å²) in [5, 5.41) is 18.1. The summed E-state index contributed by atoms with van der Waals surface area (Å²) in [5.74, 6) is 2.10. The summed E-state index contributed by atoms with van der Waals surface area (Å²) in [4.78, 5) is 10.7. The molecule has 0 aliphatic heterocycles. The molecular formula is C34H35N7. The molecule has 7 N–H and O–H groups in total. The van der Waals surface area contributed by atoms with Gasteiger partial charge in [0.05, 0.1) is 0 Å². The molecule has 0 amide bonds. The molecule has 0 saturated carbocycles. The standard InChI is InChI=1S/C34H35N7/c1-35-11-13-37-33-19-25-5-3-21(15-29(25)40-33)23-7-9-27-28-10-8-24(18-32(28)39-31(27)17-23)22-4-6-26-20-34(38-14-12-36-2)41-30(26)16-22/h3-10,15-20,35-41H,11-14H2,1-2H3. The van der Waals surface area contributed by atoms with Gasteiger partial charge in [-0.3, -0.25) is 0 Å². The van der Waals surface area contributed by atoms with Crippen molar-refractivity contribution in [3.8, 4) is 22.3 Å². The van der Waals surface area contributed by atoms with Gasteiger partial charge in [-0.2, -0.15) is 0 Å². The quantitative estimate of drug-likeness (QED) is 0.0961. The molecule has 0 spiro atoms. The first-order chi connectivity index (χ1) is 20.2. The van der Waals surface area contributed by atoms with Crippen LogP contribution in [0.2, 0.25) is 0 Å². The van der Waals surface area contributed by atoms with Gasteiger partial charge in [0.2, 0.25) is 0 Å². The number of aromatic nitrogens is 3. The molecule has 7 aromatic rings. The molecule has 0 atom stereocenters. The molecule has 7 nitrogen and oxygen atoms in total. The van der Waals surface area contributed by atoms with Gasteiger partial charge in [0, 0.05) is 69.8 Å². The first kappa shape index (κ1) is 25.3. The molecule has 3 aromatic heterocycles. The average molecular weight is 542 g/mol. The minimum atomic E-state index is 0.880. The summed E-state index contributed by atoms with van der Waals surface area (Å²) in [6.45, 7) is 3.60. The highest BCUT2D eigenvalue weighted by atomic mass is 15.0.